The Kier molecular flexibility index (Phi) is 9.52. The highest BCUT2D eigenvalue weighted by atomic mass is 15.1. The molecule has 0 fully saturated rings. The molecule has 0 radical (unpaired) electrons. The molecule has 5 heterocycles. The molecule has 15 rings (SSSR count). The summed E-state index contributed by atoms with van der Waals surface area (Å²) in [5, 5.41) is 8.14. The van der Waals surface area contributed by atoms with Crippen molar-refractivity contribution in [3.05, 3.63) is 195 Å². The third-order valence-electron chi connectivity index (χ3n) is 19.7. The highest BCUT2D eigenvalue weighted by Gasteiger charge is 2.55. The minimum absolute atomic E-state index is 0.0321. The summed E-state index contributed by atoms with van der Waals surface area (Å²) in [6, 6.07) is 57.2. The molecule has 0 bridgehead atoms. The molecule has 11 aromatic rings. The Hall–Kier alpha value is -7.10. The van der Waals surface area contributed by atoms with Crippen LogP contribution in [-0.4, -0.2) is 15.8 Å². The summed E-state index contributed by atoms with van der Waals surface area (Å²) in [5.74, 6) is 0. The number of benzene rings is 9. The van der Waals surface area contributed by atoms with Crippen LogP contribution in [0.2, 0.25) is 0 Å². The van der Waals surface area contributed by atoms with Crippen molar-refractivity contribution in [1.82, 2.24) is 9.13 Å². The third-order valence-corrected chi connectivity index (χ3v) is 19.7. The molecular formula is C77H77BN2. The van der Waals surface area contributed by atoms with Crippen LogP contribution in [0.25, 0.3) is 88.0 Å². The first-order chi connectivity index (χ1) is 37.5. The molecule has 9 aromatic carbocycles. The van der Waals surface area contributed by atoms with Crippen LogP contribution < -0.4 is 16.4 Å². The van der Waals surface area contributed by atoms with Gasteiger partial charge in [0, 0.05) is 43.8 Å². The van der Waals surface area contributed by atoms with Crippen molar-refractivity contribution >= 4 is 77.5 Å². The molecule has 0 amide bonds. The topological polar surface area (TPSA) is 9.86 Å². The predicted molar refractivity (Wildman–Crippen MR) is 346 cm³/mol. The van der Waals surface area contributed by atoms with E-state index in [-0.39, 0.29) is 39.2 Å². The van der Waals surface area contributed by atoms with E-state index < -0.39 is 5.41 Å². The first-order valence-corrected chi connectivity index (χ1v) is 29.8. The summed E-state index contributed by atoms with van der Waals surface area (Å²) >= 11 is 0. The van der Waals surface area contributed by atoms with Gasteiger partial charge in [0.25, 0.3) is 6.71 Å². The molecule has 4 aliphatic rings. The largest absolute Gasteiger partial charge is 0.310 e. The van der Waals surface area contributed by atoms with Crippen molar-refractivity contribution in [1.29, 1.82) is 0 Å². The lowest BCUT2D eigenvalue weighted by Gasteiger charge is -2.45. The van der Waals surface area contributed by atoms with Gasteiger partial charge in [-0.25, -0.2) is 0 Å². The number of fused-ring (bicyclic) bond motifs is 15. The molecule has 1 aliphatic carbocycles. The second kappa shape index (κ2) is 15.3. The highest BCUT2D eigenvalue weighted by Crippen LogP contribution is 2.63. The van der Waals surface area contributed by atoms with Gasteiger partial charge in [-0.2, -0.15) is 0 Å². The minimum Gasteiger partial charge on any atom is -0.310 e. The van der Waals surface area contributed by atoms with Gasteiger partial charge in [-0.3, -0.25) is 0 Å². The summed E-state index contributed by atoms with van der Waals surface area (Å²) < 4.78 is 5.62. The summed E-state index contributed by atoms with van der Waals surface area (Å²) in [6.07, 6.45) is 0. The van der Waals surface area contributed by atoms with Crippen LogP contribution in [0.5, 0.6) is 0 Å². The van der Waals surface area contributed by atoms with Crippen LogP contribution in [0.4, 0.5) is 0 Å². The molecule has 3 heteroatoms. The SMILES string of the molecule is CC(C)(C)c1ccc2c(c1)c1cc(C(C)(C)C)cc3c1n2-c1c(-c2ccc(C(C)(C)C)c4c(C(C)(C)C)cccc24)cc2c4c1B3c1cc(C(C)(C)C)cc3c5cc(C(C)(C)C)cc(c5n-4c13)C21c2ccccc2-c2ccccc21. The van der Waals surface area contributed by atoms with Gasteiger partial charge in [-0.15, -0.1) is 0 Å². The van der Waals surface area contributed by atoms with Crippen molar-refractivity contribution in [2.24, 2.45) is 0 Å². The lowest BCUT2D eigenvalue weighted by molar-refractivity contribution is 0.581. The average Bonchev–Trinajstić information content (AvgIpc) is 1.47. The van der Waals surface area contributed by atoms with Crippen molar-refractivity contribution in [2.75, 3.05) is 0 Å². The van der Waals surface area contributed by atoms with Gasteiger partial charge in [-0.1, -0.05) is 228 Å². The lowest BCUT2D eigenvalue weighted by atomic mass is 9.33. The van der Waals surface area contributed by atoms with Crippen molar-refractivity contribution < 1.29 is 0 Å². The molecular weight excluding hydrogens is 964 g/mol. The molecule has 0 N–H and O–H groups in total. The van der Waals surface area contributed by atoms with Crippen LogP contribution in [0.3, 0.4) is 0 Å². The van der Waals surface area contributed by atoms with Gasteiger partial charge in [0.15, 0.2) is 0 Å². The Morgan fingerprint density at radius 2 is 0.825 bits per heavy atom. The Balaban J connectivity index is 1.27. The van der Waals surface area contributed by atoms with E-state index in [9.17, 15) is 0 Å². The molecule has 398 valence electrons. The Morgan fingerprint density at radius 1 is 0.325 bits per heavy atom. The Labute approximate surface area is 475 Å². The van der Waals surface area contributed by atoms with Crippen molar-refractivity contribution in [3.8, 4) is 33.6 Å². The predicted octanol–water partition coefficient (Wildman–Crippen LogP) is 18.3. The van der Waals surface area contributed by atoms with Crippen LogP contribution in [0.1, 0.15) is 180 Å². The van der Waals surface area contributed by atoms with Gasteiger partial charge < -0.3 is 9.13 Å². The van der Waals surface area contributed by atoms with Gasteiger partial charge in [-0.05, 0) is 168 Å². The standard InChI is InChI=1S/C77H77BN2/c1-71(2,3)42-30-33-63-50(34-42)51-36-44(73(7,8)9)39-61-67(51)79(63)69-54(46-31-32-58(76(16,17)18)64-49(46)26-23-29-57(64)75(13,14)15)41-60-70-65(69)78(61)62-40-45(74(10,11)12)37-53-52-35-43(72(4,5)6)38-59(66(52)80(70)68(53)62)77(60)55-27-21-19-24-47(55)48-25-20-22-28-56(48)77/h19-41H,1-18H3. The minimum atomic E-state index is -0.647. The van der Waals surface area contributed by atoms with Crippen LogP contribution in [-0.2, 0) is 37.9 Å². The zero-order valence-electron chi connectivity index (χ0n) is 50.8. The summed E-state index contributed by atoms with van der Waals surface area (Å²) in [4.78, 5) is 0. The first kappa shape index (κ1) is 49.9. The smallest absolute Gasteiger partial charge is 0.252 e. The Morgan fingerprint density at radius 3 is 1.39 bits per heavy atom. The number of aromatic nitrogens is 2. The maximum Gasteiger partial charge on any atom is 0.252 e. The number of nitrogens with zero attached hydrogens (tertiary/aromatic N) is 2. The summed E-state index contributed by atoms with van der Waals surface area (Å²) in [5.41, 5.74) is 30.2. The number of rotatable bonds is 1. The fourth-order valence-electron chi connectivity index (χ4n) is 15.7. The molecule has 2 aromatic heterocycles. The molecule has 3 aliphatic heterocycles. The second-order valence-electron chi connectivity index (χ2n) is 31.0. The molecule has 0 saturated carbocycles. The van der Waals surface area contributed by atoms with Gasteiger partial charge in [0.1, 0.15) is 0 Å². The molecule has 2 nitrogen and oxygen atoms in total. The maximum absolute atomic E-state index is 2.83. The van der Waals surface area contributed by atoms with Crippen LogP contribution in [0, 0.1) is 0 Å². The highest BCUT2D eigenvalue weighted by molar-refractivity contribution is 7.00. The average molecular weight is 1040 g/mol. The molecule has 0 unspecified atom stereocenters. The zero-order chi connectivity index (χ0) is 56.2. The van der Waals surface area contributed by atoms with Crippen LogP contribution in [0.15, 0.2) is 140 Å². The van der Waals surface area contributed by atoms with E-state index in [1.165, 1.54) is 160 Å². The maximum atomic E-state index is 2.83. The molecule has 1 spiro atoms. The number of hydrogen-bond donors (Lipinski definition) is 0. The van der Waals surface area contributed by atoms with E-state index in [0.29, 0.717) is 0 Å². The quantitative estimate of drug-likeness (QED) is 0.145. The fraction of sp³-hybridized carbons (Fsp3) is 0.325. The molecule has 0 atom stereocenters. The monoisotopic (exact) mass is 1040 g/mol. The summed E-state index contributed by atoms with van der Waals surface area (Å²) in [7, 11) is 0. The van der Waals surface area contributed by atoms with Gasteiger partial charge in [0.05, 0.1) is 22.1 Å². The second-order valence-corrected chi connectivity index (χ2v) is 31.0. The van der Waals surface area contributed by atoms with Gasteiger partial charge in [0.2, 0.25) is 0 Å². The molecule has 0 saturated heterocycles. The van der Waals surface area contributed by atoms with E-state index in [0.717, 1.165) is 0 Å². The number of hydrogen-bond acceptors (Lipinski definition) is 0. The van der Waals surface area contributed by atoms with Gasteiger partial charge >= 0.3 is 0 Å². The van der Waals surface area contributed by atoms with Crippen LogP contribution >= 0.6 is 0 Å². The first-order valence-electron chi connectivity index (χ1n) is 29.8. The lowest BCUT2D eigenvalue weighted by Crippen LogP contribution is -2.61. The van der Waals surface area contributed by atoms with E-state index in [1.54, 1.807) is 0 Å². The van der Waals surface area contributed by atoms with Crippen molar-refractivity contribution in [2.45, 2.75) is 163 Å². The normalized spacial score (nSPS) is 15.2. The third kappa shape index (κ3) is 6.28. The Bertz CT molecular complexity index is 4570. The van der Waals surface area contributed by atoms with E-state index >= 15 is 0 Å². The zero-order valence-corrected chi connectivity index (χ0v) is 50.8. The van der Waals surface area contributed by atoms with E-state index in [2.05, 4.69) is 273 Å². The summed E-state index contributed by atoms with van der Waals surface area (Å²) in [6.45, 7) is 43.2. The van der Waals surface area contributed by atoms with Crippen molar-refractivity contribution in [3.63, 3.8) is 0 Å². The van der Waals surface area contributed by atoms with E-state index in [1.807, 2.05) is 0 Å². The fourth-order valence-corrected chi connectivity index (χ4v) is 15.7. The molecule has 80 heavy (non-hydrogen) atoms. The van der Waals surface area contributed by atoms with E-state index in [4.69, 9.17) is 0 Å².